The van der Waals surface area contributed by atoms with Crippen molar-refractivity contribution >= 4 is 21.9 Å². The van der Waals surface area contributed by atoms with Gasteiger partial charge in [0.2, 0.25) is 0 Å². The fourth-order valence-electron chi connectivity index (χ4n) is 1.89. The van der Waals surface area contributed by atoms with Crippen LogP contribution in [-0.4, -0.2) is 17.7 Å². The van der Waals surface area contributed by atoms with Crippen molar-refractivity contribution in [3.63, 3.8) is 0 Å². The molecular formula is C13H16BrNO3. The molecule has 4 nitrogen and oxygen atoms in total. The smallest absolute Gasteiger partial charge is 0.325 e. The lowest BCUT2D eigenvalue weighted by Crippen LogP contribution is -2.23. The molecule has 5 heteroatoms. The highest BCUT2D eigenvalue weighted by Gasteiger charge is 2.22. The van der Waals surface area contributed by atoms with Crippen LogP contribution in [0.3, 0.4) is 0 Å². The first-order valence-corrected chi connectivity index (χ1v) is 6.78. The Morgan fingerprint density at radius 3 is 2.83 bits per heavy atom. The second-order valence-electron chi connectivity index (χ2n) is 4.61. The molecule has 0 aromatic heterocycles. The minimum absolute atomic E-state index is 0.510. The summed E-state index contributed by atoms with van der Waals surface area (Å²) in [5.74, 6) is 0.115. The van der Waals surface area contributed by atoms with Gasteiger partial charge in [-0.3, -0.25) is 4.79 Å². The molecule has 0 spiro atoms. The van der Waals surface area contributed by atoms with E-state index in [9.17, 15) is 4.79 Å². The van der Waals surface area contributed by atoms with Crippen LogP contribution < -0.4 is 10.5 Å². The van der Waals surface area contributed by atoms with Crippen molar-refractivity contribution in [1.29, 1.82) is 0 Å². The number of carboxylic acids is 1. The molecule has 0 radical (unpaired) electrons. The predicted octanol–water partition coefficient (Wildman–Crippen LogP) is 2.71. The lowest BCUT2D eigenvalue weighted by Gasteiger charge is -2.26. The van der Waals surface area contributed by atoms with Gasteiger partial charge in [0.25, 0.3) is 0 Å². The average molecular weight is 314 g/mol. The molecule has 0 bridgehead atoms. The highest BCUT2D eigenvalue weighted by molar-refractivity contribution is 9.10. The fourth-order valence-corrected chi connectivity index (χ4v) is 2.27. The summed E-state index contributed by atoms with van der Waals surface area (Å²) < 4.78 is 6.50. The SMILES string of the molecule is NC(C(=O)O)c1cc(Br)ccc1OCC1CCC1. The number of halogens is 1. The Bertz CT molecular complexity index is 446. The third kappa shape index (κ3) is 3.03. The molecule has 18 heavy (non-hydrogen) atoms. The highest BCUT2D eigenvalue weighted by atomic mass is 79.9. The standard InChI is InChI=1S/C13H16BrNO3/c14-9-4-5-11(18-7-8-2-1-3-8)10(6-9)12(15)13(16)17/h4-6,8,12H,1-3,7,15H2,(H,16,17). The van der Waals surface area contributed by atoms with Gasteiger partial charge < -0.3 is 15.6 Å². The molecule has 0 heterocycles. The van der Waals surface area contributed by atoms with Crippen LogP contribution >= 0.6 is 15.9 Å². The summed E-state index contributed by atoms with van der Waals surface area (Å²) >= 11 is 3.31. The summed E-state index contributed by atoms with van der Waals surface area (Å²) in [6.07, 6.45) is 3.64. The topological polar surface area (TPSA) is 72.6 Å². The molecule has 1 fully saturated rings. The molecule has 1 aliphatic rings. The lowest BCUT2D eigenvalue weighted by atomic mass is 9.86. The first-order chi connectivity index (χ1) is 8.58. The van der Waals surface area contributed by atoms with Crippen LogP contribution in [0.25, 0.3) is 0 Å². The number of rotatable bonds is 5. The van der Waals surface area contributed by atoms with E-state index in [-0.39, 0.29) is 0 Å². The summed E-state index contributed by atoms with van der Waals surface area (Å²) in [4.78, 5) is 11.0. The Hall–Kier alpha value is -1.07. The van der Waals surface area contributed by atoms with E-state index in [1.807, 2.05) is 6.07 Å². The first-order valence-electron chi connectivity index (χ1n) is 5.98. The first kappa shape index (κ1) is 13.4. The number of benzene rings is 1. The van der Waals surface area contributed by atoms with Gasteiger partial charge >= 0.3 is 5.97 Å². The third-order valence-corrected chi connectivity index (χ3v) is 3.77. The maximum atomic E-state index is 11.0. The number of carboxylic acid groups (broad SMARTS) is 1. The van der Waals surface area contributed by atoms with Crippen molar-refractivity contribution in [2.75, 3.05) is 6.61 Å². The fraction of sp³-hybridized carbons (Fsp3) is 0.462. The molecule has 1 aromatic rings. The van der Waals surface area contributed by atoms with Gasteiger partial charge in [-0.1, -0.05) is 22.4 Å². The van der Waals surface area contributed by atoms with E-state index in [0.717, 1.165) is 4.47 Å². The van der Waals surface area contributed by atoms with Gasteiger partial charge in [-0.2, -0.15) is 0 Å². The lowest BCUT2D eigenvalue weighted by molar-refractivity contribution is -0.138. The molecule has 98 valence electrons. The zero-order valence-corrected chi connectivity index (χ0v) is 11.5. The minimum Gasteiger partial charge on any atom is -0.493 e. The van der Waals surface area contributed by atoms with E-state index in [0.29, 0.717) is 23.8 Å². The molecule has 1 aliphatic carbocycles. The van der Waals surface area contributed by atoms with Crippen molar-refractivity contribution in [3.8, 4) is 5.75 Å². The summed E-state index contributed by atoms with van der Waals surface area (Å²) in [5.41, 5.74) is 6.17. The number of carbonyl (C=O) groups is 1. The third-order valence-electron chi connectivity index (χ3n) is 3.27. The Kier molecular flexibility index (Phi) is 4.24. The van der Waals surface area contributed by atoms with Gasteiger partial charge in [0.05, 0.1) is 6.61 Å². The summed E-state index contributed by atoms with van der Waals surface area (Å²) in [6, 6.07) is 4.24. The molecule has 1 atom stereocenters. The zero-order valence-electron chi connectivity index (χ0n) is 9.93. The van der Waals surface area contributed by atoms with E-state index in [4.69, 9.17) is 15.6 Å². The summed E-state index contributed by atoms with van der Waals surface area (Å²) in [5, 5.41) is 8.99. The number of hydrogen-bond acceptors (Lipinski definition) is 3. The number of ether oxygens (including phenoxy) is 1. The number of hydrogen-bond donors (Lipinski definition) is 2. The Labute approximate surface area is 114 Å². The van der Waals surface area contributed by atoms with Crippen molar-refractivity contribution in [1.82, 2.24) is 0 Å². The van der Waals surface area contributed by atoms with Crippen LogP contribution in [0.2, 0.25) is 0 Å². The maximum Gasteiger partial charge on any atom is 0.325 e. The van der Waals surface area contributed by atoms with Crippen molar-refractivity contribution in [3.05, 3.63) is 28.2 Å². The van der Waals surface area contributed by atoms with E-state index < -0.39 is 12.0 Å². The van der Waals surface area contributed by atoms with Crippen LogP contribution in [0.1, 0.15) is 30.9 Å². The molecule has 0 aliphatic heterocycles. The quantitative estimate of drug-likeness (QED) is 0.876. The normalized spacial score (nSPS) is 17.0. The highest BCUT2D eigenvalue weighted by Crippen LogP contribution is 2.31. The van der Waals surface area contributed by atoms with Crippen LogP contribution in [-0.2, 0) is 4.79 Å². The number of nitrogens with two attached hydrogens (primary N) is 1. The second-order valence-corrected chi connectivity index (χ2v) is 5.52. The van der Waals surface area contributed by atoms with Gasteiger partial charge in [0.1, 0.15) is 11.8 Å². The van der Waals surface area contributed by atoms with Crippen LogP contribution in [0.15, 0.2) is 22.7 Å². The Balaban J connectivity index is 2.13. The van der Waals surface area contributed by atoms with Crippen LogP contribution in [0.5, 0.6) is 5.75 Å². The van der Waals surface area contributed by atoms with E-state index in [2.05, 4.69) is 15.9 Å². The van der Waals surface area contributed by atoms with E-state index in [1.165, 1.54) is 19.3 Å². The van der Waals surface area contributed by atoms with Gasteiger partial charge in [0.15, 0.2) is 0 Å². The summed E-state index contributed by atoms with van der Waals surface area (Å²) in [6.45, 7) is 0.640. The van der Waals surface area contributed by atoms with Gasteiger partial charge in [-0.25, -0.2) is 0 Å². The molecule has 2 rings (SSSR count). The summed E-state index contributed by atoms with van der Waals surface area (Å²) in [7, 11) is 0. The maximum absolute atomic E-state index is 11.0. The van der Waals surface area contributed by atoms with E-state index >= 15 is 0 Å². The Morgan fingerprint density at radius 2 is 2.28 bits per heavy atom. The number of aliphatic carboxylic acids is 1. The van der Waals surface area contributed by atoms with Crippen LogP contribution in [0, 0.1) is 5.92 Å². The van der Waals surface area contributed by atoms with Crippen molar-refractivity contribution in [2.24, 2.45) is 11.7 Å². The van der Waals surface area contributed by atoms with Gasteiger partial charge in [-0.05, 0) is 37.0 Å². The zero-order chi connectivity index (χ0) is 13.1. The Morgan fingerprint density at radius 1 is 1.56 bits per heavy atom. The predicted molar refractivity (Wildman–Crippen MR) is 71.5 cm³/mol. The molecule has 0 amide bonds. The average Bonchev–Trinajstić information content (AvgIpc) is 2.27. The molecule has 3 N–H and O–H groups in total. The molecule has 1 saturated carbocycles. The van der Waals surface area contributed by atoms with Crippen LogP contribution in [0.4, 0.5) is 0 Å². The monoisotopic (exact) mass is 313 g/mol. The van der Waals surface area contributed by atoms with Crippen molar-refractivity contribution in [2.45, 2.75) is 25.3 Å². The molecule has 0 saturated heterocycles. The molecule has 1 aromatic carbocycles. The van der Waals surface area contributed by atoms with Gasteiger partial charge in [0, 0.05) is 10.0 Å². The molecular weight excluding hydrogens is 298 g/mol. The van der Waals surface area contributed by atoms with Crippen molar-refractivity contribution < 1.29 is 14.6 Å². The largest absolute Gasteiger partial charge is 0.493 e. The molecule has 1 unspecified atom stereocenters. The van der Waals surface area contributed by atoms with Gasteiger partial charge in [-0.15, -0.1) is 0 Å². The second kappa shape index (κ2) is 5.71. The minimum atomic E-state index is -1.06. The van der Waals surface area contributed by atoms with E-state index in [1.54, 1.807) is 12.1 Å².